The van der Waals surface area contributed by atoms with E-state index < -0.39 is 25.5 Å². The molecule has 90 valence electrons. The van der Waals surface area contributed by atoms with Gasteiger partial charge >= 0.3 is 64.5 Å². The van der Waals surface area contributed by atoms with Crippen LogP contribution in [0.1, 0.15) is 12.8 Å². The predicted octanol–water partition coefficient (Wildman–Crippen LogP) is -0.349. The van der Waals surface area contributed by atoms with Crippen molar-refractivity contribution < 1.29 is 77.5 Å². The Labute approximate surface area is 132 Å². The molecule has 0 aromatic heterocycles. The Morgan fingerprint density at radius 1 is 1.06 bits per heavy atom. The Balaban J connectivity index is 0.00000225. The second kappa shape index (κ2) is 6.42. The summed E-state index contributed by atoms with van der Waals surface area (Å²) in [6.07, 6.45) is -5.77. The maximum absolute atomic E-state index is 12.2. The average molecular weight is 273 g/mol. The Kier molecular flexibility index (Phi) is 6.92. The third-order valence-corrected chi connectivity index (χ3v) is 2.52. The minimum Gasteiger partial charge on any atom is -0.448 e. The maximum Gasteiger partial charge on any atom is 1.00 e. The van der Waals surface area contributed by atoms with E-state index in [4.69, 9.17) is 0 Å². The first-order chi connectivity index (χ1) is 6.68. The molecular weight excluding hydrogens is 262 g/mol. The number of likely N-dealkylation sites (tertiary alicyclic amines) is 1. The molecule has 0 atom stereocenters. The quantitative estimate of drug-likeness (QED) is 0.491. The smallest absolute Gasteiger partial charge is 0.448 e. The molecule has 0 aliphatic carbocycles. The van der Waals surface area contributed by atoms with E-state index in [-0.39, 0.29) is 77.3 Å². The van der Waals surface area contributed by atoms with Gasteiger partial charge in [-0.15, -0.1) is 0 Å². The number of hydrogen-bond donors (Lipinski definition) is 0. The Bertz CT molecular complexity index is 210. The normalized spacial score (nSPS) is 20.6. The average Bonchev–Trinajstić information content (AvgIpc) is 2.00. The van der Waals surface area contributed by atoms with Crippen LogP contribution in [-0.4, -0.2) is 37.6 Å². The zero-order valence-electron chi connectivity index (χ0n) is 8.91. The third kappa shape index (κ3) is 6.25. The molecule has 0 unspecified atom stereocenters. The molecule has 0 radical (unpaired) electrons. The van der Waals surface area contributed by atoms with Crippen LogP contribution >= 0.6 is 0 Å². The van der Waals surface area contributed by atoms with Gasteiger partial charge in [0.05, 0.1) is 5.92 Å². The molecule has 1 nitrogen and oxygen atoms in total. The summed E-state index contributed by atoms with van der Waals surface area (Å²) >= 11 is 0. The van der Waals surface area contributed by atoms with Crippen LogP contribution in [0.25, 0.3) is 0 Å². The molecule has 9 heteroatoms. The Morgan fingerprint density at radius 2 is 1.50 bits per heavy atom. The molecule has 1 saturated heterocycles. The van der Waals surface area contributed by atoms with Gasteiger partial charge < -0.3 is 17.8 Å². The van der Waals surface area contributed by atoms with Crippen LogP contribution in [0.4, 0.5) is 26.1 Å². The van der Waals surface area contributed by atoms with Crippen LogP contribution < -0.4 is 51.4 Å². The molecule has 1 heterocycles. The largest absolute Gasteiger partial charge is 1.00 e. The van der Waals surface area contributed by atoms with Crippen LogP contribution in [0.5, 0.6) is 0 Å². The summed E-state index contributed by atoms with van der Waals surface area (Å²) in [6, 6.07) is 0. The summed E-state index contributed by atoms with van der Waals surface area (Å²) in [5.74, 6) is -1.44. The number of rotatable bonds is 2. The maximum atomic E-state index is 12.2. The van der Waals surface area contributed by atoms with Gasteiger partial charge in [-0.2, -0.15) is 13.2 Å². The predicted molar refractivity (Wildman–Crippen MR) is 44.3 cm³/mol. The number of piperidine rings is 1. The number of nitrogens with zero attached hydrogens (tertiary/aromatic N) is 1. The molecule has 0 N–H and O–H groups in total. The fourth-order valence-corrected chi connectivity index (χ4v) is 1.74. The fraction of sp³-hybridized carbons (Fsp3) is 1.00. The van der Waals surface area contributed by atoms with E-state index >= 15 is 0 Å². The second-order valence-corrected chi connectivity index (χ2v) is 3.83. The molecule has 0 aromatic carbocycles. The number of hydrogen-bond acceptors (Lipinski definition) is 1. The van der Waals surface area contributed by atoms with Crippen molar-refractivity contribution in [1.82, 2.24) is 4.90 Å². The van der Waals surface area contributed by atoms with Gasteiger partial charge in [-0.25, -0.2) is 0 Å². The van der Waals surface area contributed by atoms with Crippen molar-refractivity contribution in [2.24, 2.45) is 5.92 Å². The zero-order valence-corrected chi connectivity index (χ0v) is 12.0. The summed E-state index contributed by atoms with van der Waals surface area (Å²) in [7, 11) is 0. The van der Waals surface area contributed by atoms with Gasteiger partial charge in [0.1, 0.15) is 0 Å². The summed E-state index contributed by atoms with van der Waals surface area (Å²) in [6.45, 7) is -5.17. The van der Waals surface area contributed by atoms with E-state index in [1.807, 2.05) is 0 Å². The van der Waals surface area contributed by atoms with Crippen LogP contribution in [0, 0.1) is 5.92 Å². The molecule has 1 rings (SSSR count). The first-order valence-electron chi connectivity index (χ1n) is 4.68. The van der Waals surface area contributed by atoms with Gasteiger partial charge in [-0.1, -0.05) is 0 Å². The molecule has 1 aliphatic rings. The molecule has 0 spiro atoms. The van der Waals surface area contributed by atoms with Gasteiger partial charge in [0.2, 0.25) is 0 Å². The summed E-state index contributed by atoms with van der Waals surface area (Å²) in [4.78, 5) is 1.04. The van der Waals surface area contributed by atoms with Gasteiger partial charge in [0.15, 0.2) is 0 Å². The molecule has 0 saturated carbocycles. The van der Waals surface area contributed by atoms with E-state index in [9.17, 15) is 26.1 Å². The molecular formula is C7H11BF6KN. The number of halogens is 6. The van der Waals surface area contributed by atoms with Crippen molar-refractivity contribution in [2.75, 3.05) is 19.5 Å². The van der Waals surface area contributed by atoms with Crippen LogP contribution in [0.15, 0.2) is 0 Å². The summed E-state index contributed by atoms with van der Waals surface area (Å²) in [5, 5.41) is 0. The van der Waals surface area contributed by atoms with E-state index in [0.717, 1.165) is 4.90 Å². The van der Waals surface area contributed by atoms with Gasteiger partial charge in [0, 0.05) is 0 Å². The fourth-order valence-electron chi connectivity index (χ4n) is 1.74. The Hall–Kier alpha value is 1.24. The Morgan fingerprint density at radius 3 is 1.81 bits per heavy atom. The van der Waals surface area contributed by atoms with Crippen molar-refractivity contribution in [3.8, 4) is 0 Å². The molecule has 1 aliphatic heterocycles. The zero-order chi connectivity index (χ0) is 11.7. The van der Waals surface area contributed by atoms with Crippen LogP contribution in [0.3, 0.4) is 0 Å². The summed E-state index contributed by atoms with van der Waals surface area (Å²) < 4.78 is 72.4. The van der Waals surface area contributed by atoms with Gasteiger partial charge in [-0.3, -0.25) is 0 Å². The minimum atomic E-state index is -4.93. The van der Waals surface area contributed by atoms with Gasteiger partial charge in [0.25, 0.3) is 0 Å². The SMILES string of the molecule is F[B-](F)(F)CN1CCC(C(F)(F)F)CC1.[K+]. The summed E-state index contributed by atoms with van der Waals surface area (Å²) in [5.41, 5.74) is 0. The number of alkyl halides is 3. The van der Waals surface area contributed by atoms with Crippen molar-refractivity contribution in [2.45, 2.75) is 19.0 Å². The molecule has 16 heavy (non-hydrogen) atoms. The van der Waals surface area contributed by atoms with E-state index in [1.165, 1.54) is 0 Å². The second-order valence-electron chi connectivity index (χ2n) is 3.83. The van der Waals surface area contributed by atoms with Crippen molar-refractivity contribution >= 4 is 6.98 Å². The standard InChI is InChI=1S/C7H11BF6N.K/c9-7(10,11)6-1-3-15(4-2-6)5-8(12,13)14;/h6H,1-5H2;/q-1;+1. The van der Waals surface area contributed by atoms with Crippen molar-refractivity contribution in [1.29, 1.82) is 0 Å². The first kappa shape index (κ1) is 17.2. The van der Waals surface area contributed by atoms with Crippen molar-refractivity contribution in [3.63, 3.8) is 0 Å². The van der Waals surface area contributed by atoms with Crippen molar-refractivity contribution in [3.05, 3.63) is 0 Å². The first-order valence-corrected chi connectivity index (χ1v) is 4.68. The topological polar surface area (TPSA) is 3.24 Å². The third-order valence-electron chi connectivity index (χ3n) is 2.52. The van der Waals surface area contributed by atoms with Crippen LogP contribution in [0.2, 0.25) is 0 Å². The van der Waals surface area contributed by atoms with Crippen LogP contribution in [-0.2, 0) is 0 Å². The minimum absolute atomic E-state index is 0. The monoisotopic (exact) mass is 273 g/mol. The molecule has 0 bridgehead atoms. The molecule has 0 aromatic rings. The molecule has 1 fully saturated rings. The van der Waals surface area contributed by atoms with E-state index in [1.54, 1.807) is 0 Å². The van der Waals surface area contributed by atoms with Gasteiger partial charge in [-0.05, 0) is 32.4 Å². The van der Waals surface area contributed by atoms with E-state index in [2.05, 4.69) is 0 Å². The van der Waals surface area contributed by atoms with E-state index in [0.29, 0.717) is 0 Å². The molecule has 0 amide bonds.